The normalized spacial score (nSPS) is 11.4. The summed E-state index contributed by atoms with van der Waals surface area (Å²) in [5.74, 6) is -1.16. The Hall–Kier alpha value is -3.06. The van der Waals surface area contributed by atoms with Crippen LogP contribution in [0.2, 0.25) is 5.02 Å². The number of hydrazine groups is 1. The maximum atomic E-state index is 12.4. The van der Waals surface area contributed by atoms with Gasteiger partial charge in [-0.25, -0.2) is 0 Å². The molecule has 0 radical (unpaired) electrons. The molecule has 0 unspecified atom stereocenters. The van der Waals surface area contributed by atoms with Crippen LogP contribution in [0.1, 0.15) is 24.2 Å². The van der Waals surface area contributed by atoms with Gasteiger partial charge >= 0.3 is 0 Å². The van der Waals surface area contributed by atoms with Crippen LogP contribution in [0.3, 0.4) is 0 Å². The number of carbonyl (C=O) groups excluding carboxylic acids is 3. The van der Waals surface area contributed by atoms with E-state index in [1.807, 2.05) is 6.07 Å². The summed E-state index contributed by atoms with van der Waals surface area (Å²) in [7, 11) is 0. The molecule has 0 saturated carbocycles. The predicted octanol–water partition coefficient (Wildman–Crippen LogP) is 2.32. The first kappa shape index (κ1) is 21.2. The third-order valence-electron chi connectivity index (χ3n) is 3.76. The molecule has 2 aromatic rings. The summed E-state index contributed by atoms with van der Waals surface area (Å²) in [4.78, 5) is 36.6. The van der Waals surface area contributed by atoms with E-state index in [2.05, 4.69) is 16.2 Å². The summed E-state index contributed by atoms with van der Waals surface area (Å²) < 4.78 is 5.37. The SMILES string of the molecule is CC(C)[C@H](NC(=O)COc1ccccc1)C(=O)NNC(=O)c1cccc(Cl)c1. The van der Waals surface area contributed by atoms with E-state index in [0.29, 0.717) is 16.3 Å². The molecule has 0 heterocycles. The van der Waals surface area contributed by atoms with Crippen LogP contribution in [0, 0.1) is 5.92 Å². The van der Waals surface area contributed by atoms with Crippen LogP contribution < -0.4 is 20.9 Å². The molecule has 2 rings (SSSR count). The lowest BCUT2D eigenvalue weighted by Gasteiger charge is -2.22. The molecule has 3 amide bonds. The Kier molecular flexibility index (Phi) is 7.83. The second-order valence-corrected chi connectivity index (χ2v) is 6.78. The van der Waals surface area contributed by atoms with Gasteiger partial charge in [-0.15, -0.1) is 0 Å². The summed E-state index contributed by atoms with van der Waals surface area (Å²) in [5, 5.41) is 3.02. The minimum atomic E-state index is -0.841. The number of para-hydroxylation sites is 1. The first-order valence-corrected chi connectivity index (χ1v) is 9.07. The van der Waals surface area contributed by atoms with Gasteiger partial charge in [-0.3, -0.25) is 25.2 Å². The van der Waals surface area contributed by atoms with Gasteiger partial charge in [0, 0.05) is 10.6 Å². The largest absolute Gasteiger partial charge is 0.484 e. The van der Waals surface area contributed by atoms with Crippen LogP contribution in [0.4, 0.5) is 0 Å². The monoisotopic (exact) mass is 403 g/mol. The predicted molar refractivity (Wildman–Crippen MR) is 106 cm³/mol. The summed E-state index contributed by atoms with van der Waals surface area (Å²) in [6.07, 6.45) is 0. The molecule has 0 spiro atoms. The molecule has 1 atom stereocenters. The van der Waals surface area contributed by atoms with Gasteiger partial charge in [0.05, 0.1) is 0 Å². The van der Waals surface area contributed by atoms with E-state index in [1.54, 1.807) is 56.3 Å². The lowest BCUT2D eigenvalue weighted by atomic mass is 10.0. The van der Waals surface area contributed by atoms with Crippen LogP contribution in [0.5, 0.6) is 5.75 Å². The molecule has 3 N–H and O–H groups in total. The molecule has 148 valence electrons. The average Bonchev–Trinajstić information content (AvgIpc) is 2.69. The van der Waals surface area contributed by atoms with Gasteiger partial charge in [-0.1, -0.05) is 49.7 Å². The van der Waals surface area contributed by atoms with Gasteiger partial charge in [0.1, 0.15) is 11.8 Å². The fraction of sp³-hybridized carbons (Fsp3) is 0.250. The lowest BCUT2D eigenvalue weighted by molar-refractivity contribution is -0.131. The number of ether oxygens (including phenoxy) is 1. The van der Waals surface area contributed by atoms with E-state index in [4.69, 9.17) is 16.3 Å². The molecular formula is C20H22ClN3O4. The highest BCUT2D eigenvalue weighted by Crippen LogP contribution is 2.10. The van der Waals surface area contributed by atoms with Gasteiger partial charge in [0.25, 0.3) is 17.7 Å². The molecule has 0 saturated heterocycles. The van der Waals surface area contributed by atoms with Crippen LogP contribution in [-0.4, -0.2) is 30.4 Å². The summed E-state index contributed by atoms with van der Waals surface area (Å²) in [5.41, 5.74) is 4.94. The maximum absolute atomic E-state index is 12.4. The quantitative estimate of drug-likeness (QED) is 0.618. The van der Waals surface area contributed by atoms with E-state index >= 15 is 0 Å². The Morgan fingerprint density at radius 2 is 1.71 bits per heavy atom. The molecule has 0 fully saturated rings. The first-order valence-electron chi connectivity index (χ1n) is 8.70. The minimum absolute atomic E-state index is 0.205. The van der Waals surface area contributed by atoms with Crippen molar-refractivity contribution in [3.05, 3.63) is 65.2 Å². The Bertz CT molecular complexity index is 827. The third kappa shape index (κ3) is 6.59. The van der Waals surface area contributed by atoms with Crippen molar-refractivity contribution in [2.45, 2.75) is 19.9 Å². The highest BCUT2D eigenvalue weighted by atomic mass is 35.5. The van der Waals surface area contributed by atoms with Crippen molar-refractivity contribution in [3.8, 4) is 5.75 Å². The molecule has 7 nitrogen and oxygen atoms in total. The second kappa shape index (κ2) is 10.3. The van der Waals surface area contributed by atoms with E-state index in [0.717, 1.165) is 0 Å². The zero-order chi connectivity index (χ0) is 20.5. The van der Waals surface area contributed by atoms with Crippen molar-refractivity contribution in [3.63, 3.8) is 0 Å². The molecule has 0 aliphatic rings. The van der Waals surface area contributed by atoms with E-state index < -0.39 is 23.8 Å². The number of halogens is 1. The molecule has 0 aliphatic heterocycles. The second-order valence-electron chi connectivity index (χ2n) is 6.34. The molecule has 0 bridgehead atoms. The number of hydrogen-bond donors (Lipinski definition) is 3. The van der Waals surface area contributed by atoms with Crippen LogP contribution in [-0.2, 0) is 9.59 Å². The summed E-state index contributed by atoms with van der Waals surface area (Å²) in [6.45, 7) is 3.33. The smallest absolute Gasteiger partial charge is 0.269 e. The maximum Gasteiger partial charge on any atom is 0.269 e. The standard InChI is InChI=1S/C20H22ClN3O4/c1-13(2)18(22-17(25)12-28-16-9-4-3-5-10-16)20(27)24-23-19(26)14-7-6-8-15(21)11-14/h3-11,13,18H,12H2,1-2H3,(H,22,25)(H,23,26)(H,24,27)/t18-/m0/s1. The number of nitrogens with one attached hydrogen (secondary N) is 3. The molecule has 8 heteroatoms. The van der Waals surface area contributed by atoms with E-state index in [9.17, 15) is 14.4 Å². The van der Waals surface area contributed by atoms with Gasteiger partial charge in [0.15, 0.2) is 6.61 Å². The molecule has 2 aromatic carbocycles. The van der Waals surface area contributed by atoms with Crippen molar-refractivity contribution in [2.75, 3.05) is 6.61 Å². The summed E-state index contributed by atoms with van der Waals surface area (Å²) >= 11 is 5.85. The van der Waals surface area contributed by atoms with Gasteiger partial charge in [-0.2, -0.15) is 0 Å². The number of rotatable bonds is 7. The Balaban J connectivity index is 1.86. The minimum Gasteiger partial charge on any atom is -0.484 e. The highest BCUT2D eigenvalue weighted by Gasteiger charge is 2.24. The van der Waals surface area contributed by atoms with Crippen molar-refractivity contribution < 1.29 is 19.1 Å². The molecule has 0 aromatic heterocycles. The highest BCUT2D eigenvalue weighted by molar-refractivity contribution is 6.30. The van der Waals surface area contributed by atoms with Crippen LogP contribution in [0.25, 0.3) is 0 Å². The zero-order valence-corrected chi connectivity index (χ0v) is 16.3. The number of hydrogen-bond acceptors (Lipinski definition) is 4. The van der Waals surface area contributed by atoms with Crippen molar-refractivity contribution in [1.29, 1.82) is 0 Å². The van der Waals surface area contributed by atoms with Gasteiger partial charge < -0.3 is 10.1 Å². The molecular weight excluding hydrogens is 382 g/mol. The van der Waals surface area contributed by atoms with E-state index in [-0.39, 0.29) is 12.5 Å². The van der Waals surface area contributed by atoms with Crippen molar-refractivity contribution >= 4 is 29.3 Å². The van der Waals surface area contributed by atoms with Crippen LogP contribution >= 0.6 is 11.6 Å². The lowest BCUT2D eigenvalue weighted by Crippen LogP contribution is -2.55. The van der Waals surface area contributed by atoms with Crippen molar-refractivity contribution in [2.24, 2.45) is 5.92 Å². The number of carbonyl (C=O) groups is 3. The summed E-state index contributed by atoms with van der Waals surface area (Å²) in [6, 6.07) is 14.3. The number of benzene rings is 2. The van der Waals surface area contributed by atoms with Crippen molar-refractivity contribution in [1.82, 2.24) is 16.2 Å². The van der Waals surface area contributed by atoms with Gasteiger partial charge in [0.2, 0.25) is 0 Å². The Labute approximate surface area is 168 Å². The first-order chi connectivity index (χ1) is 13.4. The fourth-order valence-corrected chi connectivity index (χ4v) is 2.50. The molecule has 28 heavy (non-hydrogen) atoms. The van der Waals surface area contributed by atoms with Crippen LogP contribution in [0.15, 0.2) is 54.6 Å². The zero-order valence-electron chi connectivity index (χ0n) is 15.6. The van der Waals surface area contributed by atoms with E-state index in [1.165, 1.54) is 6.07 Å². The average molecular weight is 404 g/mol. The third-order valence-corrected chi connectivity index (χ3v) is 4.00. The Morgan fingerprint density at radius 3 is 2.36 bits per heavy atom. The Morgan fingerprint density at radius 1 is 1.00 bits per heavy atom. The molecule has 0 aliphatic carbocycles. The fourth-order valence-electron chi connectivity index (χ4n) is 2.31. The number of amides is 3. The topological polar surface area (TPSA) is 96.5 Å². The van der Waals surface area contributed by atoms with Gasteiger partial charge in [-0.05, 0) is 36.2 Å².